The van der Waals surface area contributed by atoms with Crippen molar-refractivity contribution in [1.29, 1.82) is 0 Å². The lowest BCUT2D eigenvalue weighted by Gasteiger charge is -2.29. The highest BCUT2D eigenvalue weighted by Gasteiger charge is 2.26. The standard InChI is InChI=1S/C14H18N4S/c1-10-16-17-14(18(10)7-6-15)19-9-12-8-11-4-2-3-5-13(11)12/h2-5,12H,6-9,15H2,1H3. The van der Waals surface area contributed by atoms with Crippen LogP contribution in [0.3, 0.4) is 0 Å². The predicted octanol–water partition coefficient (Wildman–Crippen LogP) is 1.98. The van der Waals surface area contributed by atoms with Crippen molar-refractivity contribution in [3.05, 3.63) is 41.2 Å². The Hall–Kier alpha value is -1.33. The maximum Gasteiger partial charge on any atom is 0.191 e. The van der Waals surface area contributed by atoms with Crippen LogP contribution in [0.15, 0.2) is 29.4 Å². The molecule has 0 amide bonds. The quantitative estimate of drug-likeness (QED) is 0.847. The van der Waals surface area contributed by atoms with E-state index in [9.17, 15) is 0 Å². The van der Waals surface area contributed by atoms with Gasteiger partial charge in [-0.2, -0.15) is 0 Å². The van der Waals surface area contributed by atoms with Crippen LogP contribution >= 0.6 is 11.8 Å². The highest BCUT2D eigenvalue weighted by molar-refractivity contribution is 7.99. The van der Waals surface area contributed by atoms with Crippen molar-refractivity contribution in [3.63, 3.8) is 0 Å². The van der Waals surface area contributed by atoms with Gasteiger partial charge < -0.3 is 10.3 Å². The molecule has 19 heavy (non-hydrogen) atoms. The van der Waals surface area contributed by atoms with Crippen LogP contribution in [-0.4, -0.2) is 27.1 Å². The average molecular weight is 274 g/mol. The van der Waals surface area contributed by atoms with E-state index in [1.54, 1.807) is 11.8 Å². The zero-order valence-corrected chi connectivity index (χ0v) is 11.9. The van der Waals surface area contributed by atoms with Gasteiger partial charge in [0.25, 0.3) is 0 Å². The lowest BCUT2D eigenvalue weighted by molar-refractivity contribution is 0.624. The van der Waals surface area contributed by atoms with Crippen molar-refractivity contribution in [2.24, 2.45) is 5.73 Å². The summed E-state index contributed by atoms with van der Waals surface area (Å²) in [5.74, 6) is 2.67. The zero-order valence-electron chi connectivity index (χ0n) is 11.0. The maximum atomic E-state index is 5.63. The van der Waals surface area contributed by atoms with Gasteiger partial charge >= 0.3 is 0 Å². The van der Waals surface area contributed by atoms with E-state index in [2.05, 4.69) is 39.0 Å². The second kappa shape index (κ2) is 5.35. The molecule has 0 radical (unpaired) electrons. The van der Waals surface area contributed by atoms with Gasteiger partial charge in [0, 0.05) is 18.8 Å². The molecule has 1 unspecified atom stereocenters. The normalized spacial score (nSPS) is 17.1. The fraction of sp³-hybridized carbons (Fsp3) is 0.429. The Balaban J connectivity index is 1.65. The first-order chi connectivity index (χ1) is 9.29. The summed E-state index contributed by atoms with van der Waals surface area (Å²) in [6, 6.07) is 8.69. The van der Waals surface area contributed by atoms with E-state index >= 15 is 0 Å². The van der Waals surface area contributed by atoms with Gasteiger partial charge in [0.1, 0.15) is 5.82 Å². The molecule has 1 aromatic heterocycles. The van der Waals surface area contributed by atoms with Gasteiger partial charge in [0.2, 0.25) is 0 Å². The van der Waals surface area contributed by atoms with Crippen molar-refractivity contribution < 1.29 is 0 Å². The lowest BCUT2D eigenvalue weighted by atomic mass is 9.79. The van der Waals surface area contributed by atoms with Crippen LogP contribution in [0.1, 0.15) is 22.9 Å². The van der Waals surface area contributed by atoms with Crippen molar-refractivity contribution in [3.8, 4) is 0 Å². The average Bonchev–Trinajstić information content (AvgIpc) is 2.73. The summed E-state index contributed by atoms with van der Waals surface area (Å²) in [5.41, 5.74) is 8.62. The van der Waals surface area contributed by atoms with Gasteiger partial charge in [-0.05, 0) is 30.4 Å². The van der Waals surface area contributed by atoms with Gasteiger partial charge in [0.15, 0.2) is 5.16 Å². The topological polar surface area (TPSA) is 56.7 Å². The summed E-state index contributed by atoms with van der Waals surface area (Å²) in [7, 11) is 0. The van der Waals surface area contributed by atoms with Gasteiger partial charge in [-0.3, -0.25) is 0 Å². The minimum absolute atomic E-state index is 0.624. The van der Waals surface area contributed by atoms with Crippen LogP contribution in [-0.2, 0) is 13.0 Å². The minimum atomic E-state index is 0.624. The molecule has 0 aliphatic heterocycles. The third-order valence-electron chi connectivity index (χ3n) is 3.63. The smallest absolute Gasteiger partial charge is 0.191 e. The number of aryl methyl sites for hydroxylation is 1. The molecule has 4 nitrogen and oxygen atoms in total. The molecular weight excluding hydrogens is 256 g/mol. The molecule has 1 heterocycles. The second-order valence-electron chi connectivity index (χ2n) is 4.88. The Morgan fingerprint density at radius 3 is 3.00 bits per heavy atom. The molecule has 3 rings (SSSR count). The summed E-state index contributed by atoms with van der Waals surface area (Å²) < 4.78 is 2.11. The summed E-state index contributed by atoms with van der Waals surface area (Å²) in [4.78, 5) is 0. The molecule has 2 N–H and O–H groups in total. The number of rotatable bonds is 5. The predicted molar refractivity (Wildman–Crippen MR) is 77.4 cm³/mol. The first-order valence-corrected chi connectivity index (χ1v) is 7.58. The number of thioether (sulfide) groups is 1. The molecule has 1 aliphatic carbocycles. The van der Waals surface area contributed by atoms with E-state index in [4.69, 9.17) is 5.73 Å². The zero-order chi connectivity index (χ0) is 13.2. The van der Waals surface area contributed by atoms with E-state index in [0.29, 0.717) is 12.5 Å². The molecule has 1 aliphatic rings. The molecule has 0 fully saturated rings. The number of nitrogens with two attached hydrogens (primary N) is 1. The molecule has 0 bridgehead atoms. The summed E-state index contributed by atoms with van der Waals surface area (Å²) in [6.07, 6.45) is 1.19. The maximum absolute atomic E-state index is 5.63. The van der Waals surface area contributed by atoms with Gasteiger partial charge in [0.05, 0.1) is 0 Å². The van der Waals surface area contributed by atoms with Crippen molar-refractivity contribution in [2.75, 3.05) is 12.3 Å². The number of nitrogens with zero attached hydrogens (tertiary/aromatic N) is 3. The summed E-state index contributed by atoms with van der Waals surface area (Å²) >= 11 is 1.79. The van der Waals surface area contributed by atoms with Crippen molar-refractivity contribution in [1.82, 2.24) is 14.8 Å². The first kappa shape index (κ1) is 12.7. The Bertz CT molecular complexity index is 579. The van der Waals surface area contributed by atoms with E-state index in [1.807, 2.05) is 6.92 Å². The molecule has 5 heteroatoms. The van der Waals surface area contributed by atoms with Crippen LogP contribution in [0.2, 0.25) is 0 Å². The van der Waals surface area contributed by atoms with Crippen LogP contribution in [0.5, 0.6) is 0 Å². The van der Waals surface area contributed by atoms with Crippen LogP contribution in [0.4, 0.5) is 0 Å². The van der Waals surface area contributed by atoms with E-state index in [-0.39, 0.29) is 0 Å². The van der Waals surface area contributed by atoms with Gasteiger partial charge in [-0.15, -0.1) is 10.2 Å². The molecule has 1 atom stereocenters. The van der Waals surface area contributed by atoms with Crippen LogP contribution in [0, 0.1) is 6.92 Å². The molecular formula is C14H18N4S. The highest BCUT2D eigenvalue weighted by atomic mass is 32.2. The summed E-state index contributed by atoms with van der Waals surface area (Å²) in [6.45, 7) is 3.40. The van der Waals surface area contributed by atoms with E-state index in [1.165, 1.54) is 17.5 Å². The third kappa shape index (κ3) is 2.40. The number of hydrogen-bond donors (Lipinski definition) is 1. The second-order valence-corrected chi connectivity index (χ2v) is 5.87. The largest absolute Gasteiger partial charge is 0.329 e. The van der Waals surface area contributed by atoms with Crippen LogP contribution in [0.25, 0.3) is 0 Å². The Labute approximate surface area is 117 Å². The number of aromatic nitrogens is 3. The molecule has 100 valence electrons. The number of hydrogen-bond acceptors (Lipinski definition) is 4. The lowest BCUT2D eigenvalue weighted by Crippen LogP contribution is -2.19. The molecule has 2 aromatic rings. The first-order valence-electron chi connectivity index (χ1n) is 6.60. The fourth-order valence-corrected chi connectivity index (χ4v) is 3.67. The fourth-order valence-electron chi connectivity index (χ4n) is 2.54. The third-order valence-corrected chi connectivity index (χ3v) is 4.76. The Kier molecular flexibility index (Phi) is 3.57. The minimum Gasteiger partial charge on any atom is -0.329 e. The SMILES string of the molecule is Cc1nnc(SCC2Cc3ccccc32)n1CCN. The molecule has 0 spiro atoms. The van der Waals surface area contributed by atoms with Crippen molar-refractivity contribution in [2.45, 2.75) is 31.0 Å². The van der Waals surface area contributed by atoms with E-state index < -0.39 is 0 Å². The highest BCUT2D eigenvalue weighted by Crippen LogP contribution is 2.38. The molecule has 0 saturated heterocycles. The molecule has 1 aromatic carbocycles. The van der Waals surface area contributed by atoms with Gasteiger partial charge in [-0.25, -0.2) is 0 Å². The molecule has 0 saturated carbocycles. The number of fused-ring (bicyclic) bond motifs is 1. The Morgan fingerprint density at radius 2 is 2.21 bits per heavy atom. The van der Waals surface area contributed by atoms with Gasteiger partial charge in [-0.1, -0.05) is 36.0 Å². The Morgan fingerprint density at radius 1 is 1.37 bits per heavy atom. The summed E-state index contributed by atoms with van der Waals surface area (Å²) in [5, 5.41) is 9.37. The van der Waals surface area contributed by atoms with Crippen LogP contribution < -0.4 is 5.73 Å². The number of benzene rings is 1. The van der Waals surface area contributed by atoms with E-state index in [0.717, 1.165) is 23.3 Å². The van der Waals surface area contributed by atoms with Crippen molar-refractivity contribution >= 4 is 11.8 Å². The monoisotopic (exact) mass is 274 g/mol.